The molecule has 0 bridgehead atoms. The molecule has 2 aliphatic heterocycles. The summed E-state index contributed by atoms with van der Waals surface area (Å²) in [7, 11) is 0. The van der Waals surface area contributed by atoms with Crippen molar-refractivity contribution >= 4 is 40.5 Å². The highest BCUT2D eigenvalue weighted by molar-refractivity contribution is 7.10. The van der Waals surface area contributed by atoms with Crippen LogP contribution in [0.4, 0.5) is 5.69 Å². The van der Waals surface area contributed by atoms with Gasteiger partial charge < -0.3 is 4.90 Å². The molecule has 1 fully saturated rings. The number of rotatable bonds is 3. The molecule has 0 radical (unpaired) electrons. The highest BCUT2D eigenvalue weighted by atomic mass is 35.5. The Hall–Kier alpha value is -3.38. The number of benzene rings is 2. The highest BCUT2D eigenvalue weighted by Crippen LogP contribution is 2.56. The molecule has 31 heavy (non-hydrogen) atoms. The van der Waals surface area contributed by atoms with Crippen molar-refractivity contribution in [3.63, 3.8) is 0 Å². The van der Waals surface area contributed by atoms with Crippen molar-refractivity contribution in [1.29, 1.82) is 10.5 Å². The van der Waals surface area contributed by atoms with Gasteiger partial charge >= 0.3 is 0 Å². The summed E-state index contributed by atoms with van der Waals surface area (Å²) in [6, 6.07) is 21.7. The van der Waals surface area contributed by atoms with Crippen molar-refractivity contribution in [3.05, 3.63) is 93.1 Å². The maximum Gasteiger partial charge on any atom is 0.185 e. The van der Waals surface area contributed by atoms with Crippen LogP contribution in [-0.4, -0.2) is 17.9 Å². The third kappa shape index (κ3) is 2.82. The van der Waals surface area contributed by atoms with Crippen molar-refractivity contribution in [2.45, 2.75) is 18.0 Å². The summed E-state index contributed by atoms with van der Waals surface area (Å²) in [4.78, 5) is 16.7. The van der Waals surface area contributed by atoms with E-state index in [1.165, 1.54) is 11.3 Å². The quantitative estimate of drug-likeness (QED) is 0.490. The van der Waals surface area contributed by atoms with E-state index in [4.69, 9.17) is 11.6 Å². The van der Waals surface area contributed by atoms with E-state index >= 15 is 0 Å². The summed E-state index contributed by atoms with van der Waals surface area (Å²) in [6.45, 7) is 0. The second-order valence-corrected chi connectivity index (χ2v) is 9.09. The van der Waals surface area contributed by atoms with E-state index in [1.807, 2.05) is 64.9 Å². The zero-order chi connectivity index (χ0) is 21.6. The lowest BCUT2D eigenvalue weighted by atomic mass is 9.71. The van der Waals surface area contributed by atoms with E-state index in [2.05, 4.69) is 12.1 Å². The molecule has 5 rings (SSSR count). The number of hydrogen-bond donors (Lipinski definition) is 0. The Balaban J connectivity index is 1.78. The number of ketones is 1. The Morgan fingerprint density at radius 2 is 1.84 bits per heavy atom. The predicted molar refractivity (Wildman–Crippen MR) is 122 cm³/mol. The minimum Gasteiger partial charge on any atom is -0.351 e. The van der Waals surface area contributed by atoms with Gasteiger partial charge in [-0.05, 0) is 35.2 Å². The van der Waals surface area contributed by atoms with E-state index in [9.17, 15) is 15.3 Å². The van der Waals surface area contributed by atoms with Gasteiger partial charge in [-0.2, -0.15) is 10.5 Å². The minimum absolute atomic E-state index is 0.104. The van der Waals surface area contributed by atoms with E-state index in [-0.39, 0.29) is 5.78 Å². The zero-order valence-electron chi connectivity index (χ0n) is 16.3. The molecule has 6 heteroatoms. The van der Waals surface area contributed by atoms with Crippen LogP contribution in [-0.2, 0) is 0 Å². The Labute approximate surface area is 189 Å². The van der Waals surface area contributed by atoms with Crippen LogP contribution in [0.15, 0.2) is 72.1 Å². The maximum absolute atomic E-state index is 13.9. The molecule has 1 saturated heterocycles. The number of thiophene rings is 1. The van der Waals surface area contributed by atoms with Crippen molar-refractivity contribution in [3.8, 4) is 12.1 Å². The second kappa shape index (κ2) is 7.39. The van der Waals surface area contributed by atoms with Crippen LogP contribution in [0.5, 0.6) is 0 Å². The number of carbonyl (C=O) groups is 1. The Kier molecular flexibility index (Phi) is 4.67. The molecule has 2 aromatic carbocycles. The van der Waals surface area contributed by atoms with E-state index in [0.29, 0.717) is 10.6 Å². The lowest BCUT2D eigenvalue weighted by Crippen LogP contribution is -2.44. The fourth-order valence-electron chi connectivity index (χ4n) is 4.81. The maximum atomic E-state index is 13.9. The van der Waals surface area contributed by atoms with Gasteiger partial charge in [-0.15, -0.1) is 11.3 Å². The van der Waals surface area contributed by atoms with Crippen LogP contribution in [0, 0.1) is 28.1 Å². The summed E-state index contributed by atoms with van der Waals surface area (Å²) in [6.07, 6.45) is 3.76. The lowest BCUT2D eigenvalue weighted by Gasteiger charge is -2.35. The molecule has 150 valence electrons. The number of fused-ring (bicyclic) bond motifs is 3. The van der Waals surface area contributed by atoms with Gasteiger partial charge in [0.1, 0.15) is 6.04 Å². The molecular weight excluding hydrogens is 426 g/mol. The van der Waals surface area contributed by atoms with Crippen LogP contribution in [0.1, 0.15) is 26.7 Å². The fourth-order valence-corrected chi connectivity index (χ4v) is 5.93. The van der Waals surface area contributed by atoms with Gasteiger partial charge in [0.2, 0.25) is 0 Å². The summed E-state index contributed by atoms with van der Waals surface area (Å²) in [5.74, 6) is -0.695. The van der Waals surface area contributed by atoms with Crippen molar-refractivity contribution in [2.24, 2.45) is 5.41 Å². The molecule has 3 atom stereocenters. The Morgan fingerprint density at radius 3 is 2.52 bits per heavy atom. The van der Waals surface area contributed by atoms with Crippen LogP contribution in [0.25, 0.3) is 6.08 Å². The summed E-state index contributed by atoms with van der Waals surface area (Å²) < 4.78 is 0. The molecule has 0 unspecified atom stereocenters. The van der Waals surface area contributed by atoms with Gasteiger partial charge in [0.15, 0.2) is 11.2 Å². The molecular formula is C25H16ClN3OS. The molecule has 0 N–H and O–H groups in total. The van der Waals surface area contributed by atoms with Gasteiger partial charge in [-0.1, -0.05) is 60.2 Å². The molecule has 1 aromatic heterocycles. The van der Waals surface area contributed by atoms with Gasteiger partial charge in [-0.3, -0.25) is 4.79 Å². The van der Waals surface area contributed by atoms with Gasteiger partial charge in [0, 0.05) is 21.2 Å². The number of anilines is 1. The molecule has 4 nitrogen and oxygen atoms in total. The highest BCUT2D eigenvalue weighted by Gasteiger charge is 2.63. The first-order chi connectivity index (χ1) is 15.1. The van der Waals surface area contributed by atoms with Crippen LogP contribution in [0.3, 0.4) is 0 Å². The minimum atomic E-state index is -1.41. The topological polar surface area (TPSA) is 67.9 Å². The van der Waals surface area contributed by atoms with E-state index < -0.39 is 23.4 Å². The van der Waals surface area contributed by atoms with Crippen LogP contribution < -0.4 is 4.90 Å². The predicted octanol–water partition coefficient (Wildman–Crippen LogP) is 5.69. The number of carbonyl (C=O) groups excluding carboxylic acids is 1. The standard InChI is InChI=1S/C25H16ClN3OS/c26-18-9-10-19-17(13-18)8-11-21-25(14-27,15-28)22(20-7-4-12-31-20)23(29(19)21)24(30)16-5-2-1-3-6-16/h1-13,21-23H/t21-,22-,23+/m1/s1. The van der Waals surface area contributed by atoms with Crippen molar-refractivity contribution in [1.82, 2.24) is 0 Å². The summed E-state index contributed by atoms with van der Waals surface area (Å²) in [5.41, 5.74) is 0.823. The molecule has 0 aliphatic carbocycles. The van der Waals surface area contributed by atoms with Crippen molar-refractivity contribution in [2.75, 3.05) is 4.90 Å². The number of nitriles is 2. The smallest absolute Gasteiger partial charge is 0.185 e. The van der Waals surface area contributed by atoms with Gasteiger partial charge in [0.25, 0.3) is 0 Å². The second-order valence-electron chi connectivity index (χ2n) is 7.68. The first kappa shape index (κ1) is 19.6. The van der Waals surface area contributed by atoms with Gasteiger partial charge in [-0.25, -0.2) is 0 Å². The fraction of sp³-hybridized carbons (Fsp3) is 0.160. The van der Waals surface area contributed by atoms with Crippen LogP contribution in [0.2, 0.25) is 5.02 Å². The molecule has 0 saturated carbocycles. The Bertz CT molecular complexity index is 1260. The monoisotopic (exact) mass is 441 g/mol. The zero-order valence-corrected chi connectivity index (χ0v) is 17.8. The average molecular weight is 442 g/mol. The number of hydrogen-bond acceptors (Lipinski definition) is 5. The number of nitrogens with zero attached hydrogens (tertiary/aromatic N) is 3. The SMILES string of the molecule is N#CC1(C#N)[C@H](c2cccs2)[C@@H](C(=O)c2ccccc2)N2c3ccc(Cl)cc3C=C[C@@H]21. The largest absolute Gasteiger partial charge is 0.351 e. The van der Waals surface area contributed by atoms with E-state index in [0.717, 1.165) is 16.1 Å². The first-order valence-corrected chi connectivity index (χ1v) is 11.1. The summed E-state index contributed by atoms with van der Waals surface area (Å²) in [5, 5.41) is 23.2. The number of halogens is 1. The molecule has 0 spiro atoms. The molecule has 2 aliphatic rings. The van der Waals surface area contributed by atoms with E-state index in [1.54, 1.807) is 18.2 Å². The average Bonchev–Trinajstić information content (AvgIpc) is 3.43. The third-order valence-electron chi connectivity index (χ3n) is 6.14. The Morgan fingerprint density at radius 1 is 1.06 bits per heavy atom. The lowest BCUT2D eigenvalue weighted by molar-refractivity contribution is 0.0951. The number of Topliss-reactive ketones (excluding diaryl/α,β-unsaturated/α-hetero) is 1. The molecule has 3 aromatic rings. The molecule has 3 heterocycles. The van der Waals surface area contributed by atoms with Crippen molar-refractivity contribution < 1.29 is 4.79 Å². The summed E-state index contributed by atoms with van der Waals surface area (Å²) >= 11 is 7.68. The van der Waals surface area contributed by atoms with Gasteiger partial charge in [0.05, 0.1) is 24.1 Å². The third-order valence-corrected chi connectivity index (χ3v) is 7.34. The first-order valence-electron chi connectivity index (χ1n) is 9.82. The normalized spacial score (nSPS) is 22.8. The molecule has 0 amide bonds. The van der Waals surface area contributed by atoms with Crippen LogP contribution >= 0.6 is 22.9 Å².